The number of benzene rings is 2. The Balaban J connectivity index is 1.44. The maximum atomic E-state index is 12.5. The van der Waals surface area contributed by atoms with Gasteiger partial charge in [-0.05, 0) is 30.7 Å². The number of thiazole rings is 1. The molecule has 0 spiro atoms. The van der Waals surface area contributed by atoms with E-state index in [9.17, 15) is 4.79 Å². The molecule has 0 fully saturated rings. The Hall–Kier alpha value is -3.18. The average Bonchev–Trinajstić information content (AvgIpc) is 3.32. The highest BCUT2D eigenvalue weighted by atomic mass is 32.1. The third-order valence-electron chi connectivity index (χ3n) is 4.13. The van der Waals surface area contributed by atoms with Crippen LogP contribution in [-0.2, 0) is 6.42 Å². The molecule has 4 nitrogen and oxygen atoms in total. The van der Waals surface area contributed by atoms with Crippen LogP contribution in [0.1, 0.15) is 27.4 Å². The molecule has 0 radical (unpaired) electrons. The highest BCUT2D eigenvalue weighted by molar-refractivity contribution is 7.14. The zero-order valence-electron chi connectivity index (χ0n) is 14.8. The minimum absolute atomic E-state index is 0.270. The number of anilines is 1. The van der Waals surface area contributed by atoms with E-state index in [4.69, 9.17) is 4.42 Å². The van der Waals surface area contributed by atoms with Gasteiger partial charge in [0, 0.05) is 17.4 Å². The minimum atomic E-state index is -0.297. The van der Waals surface area contributed by atoms with Crippen LogP contribution in [0.5, 0.6) is 0 Å². The summed E-state index contributed by atoms with van der Waals surface area (Å²) in [4.78, 5) is 16.9. The molecule has 4 aromatic rings. The van der Waals surface area contributed by atoms with E-state index in [0.717, 1.165) is 23.2 Å². The SMILES string of the molecule is Cc1cccc(-c2ccc(C(=O)Nc3nc(Cc4ccccc4)cs3)o2)c1. The van der Waals surface area contributed by atoms with Crippen molar-refractivity contribution in [3.8, 4) is 11.3 Å². The van der Waals surface area contributed by atoms with Crippen LogP contribution in [0.25, 0.3) is 11.3 Å². The van der Waals surface area contributed by atoms with Crippen molar-refractivity contribution in [2.45, 2.75) is 13.3 Å². The second kappa shape index (κ2) is 7.60. The number of amides is 1. The number of rotatable bonds is 5. The van der Waals surface area contributed by atoms with Gasteiger partial charge in [0.05, 0.1) is 5.69 Å². The van der Waals surface area contributed by atoms with E-state index in [-0.39, 0.29) is 11.7 Å². The number of hydrogen-bond donors (Lipinski definition) is 1. The van der Waals surface area contributed by atoms with Crippen molar-refractivity contribution in [2.75, 3.05) is 5.32 Å². The lowest BCUT2D eigenvalue weighted by molar-refractivity contribution is 0.0997. The van der Waals surface area contributed by atoms with Crippen LogP contribution < -0.4 is 5.32 Å². The zero-order chi connectivity index (χ0) is 18.6. The summed E-state index contributed by atoms with van der Waals surface area (Å²) in [7, 11) is 0. The molecule has 0 aliphatic carbocycles. The molecule has 0 aliphatic rings. The minimum Gasteiger partial charge on any atom is -0.451 e. The van der Waals surface area contributed by atoms with Crippen LogP contribution in [0.4, 0.5) is 5.13 Å². The van der Waals surface area contributed by atoms with E-state index in [2.05, 4.69) is 22.4 Å². The average molecular weight is 374 g/mol. The maximum absolute atomic E-state index is 12.5. The summed E-state index contributed by atoms with van der Waals surface area (Å²) in [6.07, 6.45) is 0.742. The first-order chi connectivity index (χ1) is 13.2. The zero-order valence-corrected chi connectivity index (χ0v) is 15.6. The molecule has 0 bridgehead atoms. The molecule has 1 amide bonds. The first kappa shape index (κ1) is 17.2. The fourth-order valence-electron chi connectivity index (χ4n) is 2.82. The molecule has 134 valence electrons. The molecule has 4 rings (SSSR count). The van der Waals surface area contributed by atoms with E-state index >= 15 is 0 Å². The van der Waals surface area contributed by atoms with Gasteiger partial charge in [0.15, 0.2) is 10.9 Å². The van der Waals surface area contributed by atoms with Gasteiger partial charge in [-0.25, -0.2) is 4.98 Å². The summed E-state index contributed by atoms with van der Waals surface area (Å²) in [6.45, 7) is 2.02. The van der Waals surface area contributed by atoms with Crippen molar-refractivity contribution in [3.63, 3.8) is 0 Å². The molecule has 27 heavy (non-hydrogen) atoms. The molecule has 2 heterocycles. The van der Waals surface area contributed by atoms with Crippen LogP contribution in [0, 0.1) is 6.92 Å². The van der Waals surface area contributed by atoms with Gasteiger partial charge in [0.1, 0.15) is 5.76 Å². The fraction of sp³-hybridized carbons (Fsp3) is 0.0909. The molecule has 1 N–H and O–H groups in total. The first-order valence-corrected chi connectivity index (χ1v) is 9.52. The Bertz CT molecular complexity index is 1070. The molecule has 0 unspecified atom stereocenters. The van der Waals surface area contributed by atoms with Crippen molar-refractivity contribution < 1.29 is 9.21 Å². The van der Waals surface area contributed by atoms with Crippen LogP contribution >= 0.6 is 11.3 Å². The van der Waals surface area contributed by atoms with E-state index < -0.39 is 0 Å². The van der Waals surface area contributed by atoms with Gasteiger partial charge in [-0.1, -0.05) is 54.1 Å². The molecule has 5 heteroatoms. The lowest BCUT2D eigenvalue weighted by Gasteiger charge is -2.00. The molecule has 2 aromatic carbocycles. The number of aromatic nitrogens is 1. The summed E-state index contributed by atoms with van der Waals surface area (Å²) in [5.74, 6) is 0.647. The second-order valence-corrected chi connectivity index (χ2v) is 7.15. The van der Waals surface area contributed by atoms with Crippen molar-refractivity contribution in [2.24, 2.45) is 0 Å². The van der Waals surface area contributed by atoms with Crippen molar-refractivity contribution in [1.29, 1.82) is 0 Å². The van der Waals surface area contributed by atoms with Gasteiger partial charge in [0.2, 0.25) is 0 Å². The Morgan fingerprint density at radius 3 is 2.74 bits per heavy atom. The van der Waals surface area contributed by atoms with Crippen LogP contribution in [-0.4, -0.2) is 10.9 Å². The fourth-order valence-corrected chi connectivity index (χ4v) is 3.53. The summed E-state index contributed by atoms with van der Waals surface area (Å²) in [5.41, 5.74) is 4.22. The Labute approximate surface area is 161 Å². The number of carbonyl (C=O) groups excluding carboxylic acids is 1. The van der Waals surface area contributed by atoms with Crippen molar-refractivity contribution >= 4 is 22.4 Å². The van der Waals surface area contributed by atoms with Gasteiger partial charge in [-0.3, -0.25) is 10.1 Å². The van der Waals surface area contributed by atoms with Crippen LogP contribution in [0.15, 0.2) is 76.5 Å². The number of furan rings is 1. The number of carbonyl (C=O) groups is 1. The lowest BCUT2D eigenvalue weighted by Crippen LogP contribution is -2.10. The van der Waals surface area contributed by atoms with E-state index in [1.807, 2.05) is 60.8 Å². The molecule has 2 aromatic heterocycles. The standard InChI is InChI=1S/C22H18N2O2S/c1-15-6-5-9-17(12-15)19-10-11-20(26-19)21(25)24-22-23-18(14-27-22)13-16-7-3-2-4-8-16/h2-12,14H,13H2,1H3,(H,23,24,25). The lowest BCUT2D eigenvalue weighted by atomic mass is 10.1. The monoisotopic (exact) mass is 374 g/mol. The first-order valence-electron chi connectivity index (χ1n) is 8.64. The summed E-state index contributed by atoms with van der Waals surface area (Å²) >= 11 is 1.41. The van der Waals surface area contributed by atoms with Gasteiger partial charge in [0.25, 0.3) is 5.91 Å². The predicted molar refractivity (Wildman–Crippen MR) is 108 cm³/mol. The van der Waals surface area contributed by atoms with Crippen molar-refractivity contribution in [3.05, 3.63) is 94.7 Å². The summed E-state index contributed by atoms with van der Waals surface area (Å²) in [5, 5.41) is 5.35. The summed E-state index contributed by atoms with van der Waals surface area (Å²) in [6, 6.07) is 21.6. The van der Waals surface area contributed by atoms with E-state index in [1.165, 1.54) is 16.9 Å². The van der Waals surface area contributed by atoms with Gasteiger partial charge >= 0.3 is 0 Å². The van der Waals surface area contributed by atoms with Crippen LogP contribution in [0.2, 0.25) is 0 Å². The maximum Gasteiger partial charge on any atom is 0.293 e. The van der Waals surface area contributed by atoms with Gasteiger partial charge in [-0.2, -0.15) is 0 Å². The topological polar surface area (TPSA) is 55.1 Å². The number of hydrogen-bond acceptors (Lipinski definition) is 4. The van der Waals surface area contributed by atoms with Gasteiger partial charge in [-0.15, -0.1) is 11.3 Å². The smallest absolute Gasteiger partial charge is 0.293 e. The molecule has 0 saturated heterocycles. The van der Waals surface area contributed by atoms with Crippen molar-refractivity contribution in [1.82, 2.24) is 4.98 Å². The third-order valence-corrected chi connectivity index (χ3v) is 4.94. The number of nitrogens with zero attached hydrogens (tertiary/aromatic N) is 1. The van der Waals surface area contributed by atoms with E-state index in [1.54, 1.807) is 6.07 Å². The third kappa shape index (κ3) is 4.15. The number of nitrogens with one attached hydrogen (secondary N) is 1. The largest absolute Gasteiger partial charge is 0.451 e. The van der Waals surface area contributed by atoms with E-state index in [0.29, 0.717) is 10.9 Å². The molecular formula is C22H18N2O2S. The Morgan fingerprint density at radius 2 is 1.93 bits per heavy atom. The Morgan fingerprint density at radius 1 is 1.07 bits per heavy atom. The number of aryl methyl sites for hydroxylation is 1. The predicted octanol–water partition coefficient (Wildman–Crippen LogP) is 5.55. The van der Waals surface area contributed by atoms with Gasteiger partial charge < -0.3 is 4.42 Å². The quantitative estimate of drug-likeness (QED) is 0.498. The molecule has 0 aliphatic heterocycles. The highest BCUT2D eigenvalue weighted by Gasteiger charge is 2.14. The second-order valence-electron chi connectivity index (χ2n) is 6.29. The normalized spacial score (nSPS) is 10.7. The molecule has 0 atom stereocenters. The summed E-state index contributed by atoms with van der Waals surface area (Å²) < 4.78 is 5.73. The highest BCUT2D eigenvalue weighted by Crippen LogP contribution is 2.24. The molecule has 0 saturated carbocycles. The van der Waals surface area contributed by atoms with Crippen LogP contribution in [0.3, 0.4) is 0 Å². The Kier molecular flexibility index (Phi) is 4.85. The molecular weight excluding hydrogens is 356 g/mol.